The maximum Gasteiger partial charge on any atom is 0.186 e. The van der Waals surface area contributed by atoms with Gasteiger partial charge in [-0.3, -0.25) is 15.8 Å². The van der Waals surface area contributed by atoms with E-state index in [-0.39, 0.29) is 0 Å². The fourth-order valence-corrected chi connectivity index (χ4v) is 2.36. The molecule has 8 nitrogen and oxygen atoms in total. The minimum absolute atomic E-state index is 0.386. The summed E-state index contributed by atoms with van der Waals surface area (Å²) in [4.78, 5) is 2.34. The molecular formula is C17H29N7OS2. The molecule has 0 amide bonds. The Morgan fingerprint density at radius 2 is 1.67 bits per heavy atom. The number of hydrazone groups is 2. The molecule has 0 saturated carbocycles. The lowest BCUT2D eigenvalue weighted by Gasteiger charge is -2.29. The predicted molar refractivity (Wildman–Crippen MR) is 119 cm³/mol. The van der Waals surface area contributed by atoms with E-state index in [0.29, 0.717) is 40.3 Å². The molecule has 150 valence electrons. The Hall–Kier alpha value is -2.04. The van der Waals surface area contributed by atoms with Gasteiger partial charge >= 0.3 is 0 Å². The van der Waals surface area contributed by atoms with E-state index >= 15 is 0 Å². The predicted octanol–water partition coefficient (Wildman–Crippen LogP) is 1.78. The zero-order valence-corrected chi connectivity index (χ0v) is 18.3. The summed E-state index contributed by atoms with van der Waals surface area (Å²) in [5.41, 5.74) is 5.90. The second-order valence-electron chi connectivity index (χ2n) is 6.26. The minimum atomic E-state index is 0.386. The maximum atomic E-state index is 5.98. The van der Waals surface area contributed by atoms with Gasteiger partial charge in [0, 0.05) is 26.2 Å². The largest absolute Gasteiger partial charge is 0.458 e. The number of rotatable bonds is 8. The Morgan fingerprint density at radius 1 is 1.07 bits per heavy atom. The van der Waals surface area contributed by atoms with E-state index in [1.54, 1.807) is 14.1 Å². The Kier molecular flexibility index (Phi) is 9.90. The Labute approximate surface area is 171 Å². The quantitative estimate of drug-likeness (QED) is 0.292. The normalized spacial score (nSPS) is 12.1. The average molecular weight is 412 g/mol. The van der Waals surface area contributed by atoms with Crippen molar-refractivity contribution in [1.82, 2.24) is 26.4 Å². The van der Waals surface area contributed by atoms with Crippen LogP contribution in [0.15, 0.2) is 26.8 Å². The molecule has 0 aliphatic heterocycles. The molecule has 0 atom stereocenters. The van der Waals surface area contributed by atoms with Gasteiger partial charge in [-0.1, -0.05) is 0 Å². The molecule has 0 bridgehead atoms. The summed E-state index contributed by atoms with van der Waals surface area (Å²) in [5.74, 6) is 1.42. The van der Waals surface area contributed by atoms with E-state index in [9.17, 15) is 0 Å². The number of hydrogen-bond acceptors (Lipinski definition) is 6. The zero-order valence-electron chi connectivity index (χ0n) is 16.7. The molecule has 1 heterocycles. The molecule has 4 N–H and O–H groups in total. The lowest BCUT2D eigenvalue weighted by atomic mass is 10.2. The van der Waals surface area contributed by atoms with Crippen LogP contribution in [-0.2, 0) is 6.54 Å². The highest BCUT2D eigenvalue weighted by molar-refractivity contribution is 7.80. The first kappa shape index (κ1) is 23.0. The summed E-state index contributed by atoms with van der Waals surface area (Å²) in [6.45, 7) is 9.39. The van der Waals surface area contributed by atoms with Crippen LogP contribution in [0.2, 0.25) is 0 Å². The standard InChI is InChI=1S/C17H29N7OS2/c1-11(2)24(12(3)4)10-13-7-8-15(25-13)14(21-23-17(27)19-6)9-20-22-16(26)18-5/h7-9,11-12H,10H2,1-6H3,(H2,18,22,26)(H2,19,23,27)/b20-9+,21-14-. The van der Waals surface area contributed by atoms with Crippen LogP contribution in [0.1, 0.15) is 39.2 Å². The average Bonchev–Trinajstić information content (AvgIpc) is 3.09. The van der Waals surface area contributed by atoms with Gasteiger partial charge in [0.1, 0.15) is 11.5 Å². The van der Waals surface area contributed by atoms with Crippen molar-refractivity contribution in [1.29, 1.82) is 0 Å². The van der Waals surface area contributed by atoms with Crippen LogP contribution in [0.25, 0.3) is 0 Å². The van der Waals surface area contributed by atoms with Gasteiger partial charge in [-0.05, 0) is 64.3 Å². The van der Waals surface area contributed by atoms with Crippen molar-refractivity contribution in [3.8, 4) is 0 Å². The SMILES string of the molecule is CNC(=S)N/N=C(/C=N/NC(=S)NC)c1ccc(CN(C(C)C)C(C)C)o1. The van der Waals surface area contributed by atoms with Crippen LogP contribution in [0.4, 0.5) is 0 Å². The smallest absolute Gasteiger partial charge is 0.186 e. The van der Waals surface area contributed by atoms with Crippen LogP contribution >= 0.6 is 24.4 Å². The molecule has 0 saturated heterocycles. The molecule has 1 aromatic rings. The van der Waals surface area contributed by atoms with Crippen molar-refractivity contribution in [2.45, 2.75) is 46.3 Å². The molecule has 0 aliphatic carbocycles. The highest BCUT2D eigenvalue weighted by Gasteiger charge is 2.16. The molecule has 0 fully saturated rings. The summed E-state index contributed by atoms with van der Waals surface area (Å²) < 4.78 is 5.98. The first-order valence-electron chi connectivity index (χ1n) is 8.69. The van der Waals surface area contributed by atoms with E-state index in [2.05, 4.69) is 64.3 Å². The van der Waals surface area contributed by atoms with E-state index in [1.165, 1.54) is 6.21 Å². The third kappa shape index (κ3) is 8.02. The number of hydrogen-bond donors (Lipinski definition) is 4. The molecule has 0 unspecified atom stereocenters. The number of thiocarbonyl (C=S) groups is 2. The molecule has 0 spiro atoms. The molecule has 1 rings (SSSR count). The molecule has 1 aromatic heterocycles. The van der Waals surface area contributed by atoms with Crippen LogP contribution in [0.5, 0.6) is 0 Å². The van der Waals surface area contributed by atoms with Crippen molar-refractivity contribution in [3.05, 3.63) is 23.7 Å². The number of furan rings is 1. The van der Waals surface area contributed by atoms with Gasteiger partial charge in [0.15, 0.2) is 16.0 Å². The van der Waals surface area contributed by atoms with Crippen LogP contribution in [0.3, 0.4) is 0 Å². The van der Waals surface area contributed by atoms with Crippen LogP contribution in [-0.4, -0.2) is 53.2 Å². The fraction of sp³-hybridized carbons (Fsp3) is 0.529. The first-order chi connectivity index (χ1) is 12.8. The summed E-state index contributed by atoms with van der Waals surface area (Å²) >= 11 is 10.1. The van der Waals surface area contributed by atoms with Gasteiger partial charge in [-0.25, -0.2) is 0 Å². The molecule has 0 aromatic carbocycles. The molecule has 27 heavy (non-hydrogen) atoms. The topological polar surface area (TPSA) is 89.2 Å². The van der Waals surface area contributed by atoms with E-state index in [4.69, 9.17) is 28.9 Å². The summed E-state index contributed by atoms with van der Waals surface area (Å²) in [7, 11) is 3.42. The number of nitrogens with one attached hydrogen (secondary N) is 4. The van der Waals surface area contributed by atoms with Crippen LogP contribution < -0.4 is 21.5 Å². The third-order valence-corrected chi connectivity index (χ3v) is 4.25. The van der Waals surface area contributed by atoms with Crippen molar-refractivity contribution in [3.63, 3.8) is 0 Å². The summed E-state index contributed by atoms with van der Waals surface area (Å²) in [6.07, 6.45) is 1.51. The van der Waals surface area contributed by atoms with E-state index < -0.39 is 0 Å². The maximum absolute atomic E-state index is 5.98. The molecule has 0 radical (unpaired) electrons. The fourth-order valence-electron chi connectivity index (χ4n) is 2.26. The van der Waals surface area contributed by atoms with Gasteiger partial charge < -0.3 is 15.1 Å². The van der Waals surface area contributed by atoms with E-state index in [1.807, 2.05) is 12.1 Å². The first-order valence-corrected chi connectivity index (χ1v) is 9.51. The van der Waals surface area contributed by atoms with Crippen LogP contribution in [0, 0.1) is 0 Å². The Balaban J connectivity index is 3.00. The monoisotopic (exact) mass is 411 g/mol. The molecule has 0 aliphatic rings. The molecular weight excluding hydrogens is 382 g/mol. The van der Waals surface area contributed by atoms with E-state index in [0.717, 1.165) is 5.76 Å². The number of nitrogens with zero attached hydrogens (tertiary/aromatic N) is 3. The summed E-state index contributed by atoms with van der Waals surface area (Å²) in [6, 6.07) is 4.63. The minimum Gasteiger partial charge on any atom is -0.458 e. The second kappa shape index (κ2) is 11.6. The van der Waals surface area contributed by atoms with Crippen molar-refractivity contribution >= 4 is 46.6 Å². The third-order valence-electron chi connectivity index (χ3n) is 3.66. The van der Waals surface area contributed by atoms with Crippen molar-refractivity contribution < 1.29 is 4.42 Å². The van der Waals surface area contributed by atoms with Gasteiger partial charge in [0.05, 0.1) is 12.8 Å². The van der Waals surface area contributed by atoms with Crippen molar-refractivity contribution in [2.24, 2.45) is 10.2 Å². The summed E-state index contributed by atoms with van der Waals surface area (Å²) in [5, 5.41) is 14.7. The zero-order chi connectivity index (χ0) is 20.4. The second-order valence-corrected chi connectivity index (χ2v) is 7.08. The van der Waals surface area contributed by atoms with Crippen molar-refractivity contribution in [2.75, 3.05) is 14.1 Å². The highest BCUT2D eigenvalue weighted by Crippen LogP contribution is 2.15. The van der Waals surface area contributed by atoms with Gasteiger partial charge in [0.25, 0.3) is 0 Å². The van der Waals surface area contributed by atoms with Gasteiger partial charge in [0.2, 0.25) is 0 Å². The van der Waals surface area contributed by atoms with Gasteiger partial charge in [-0.2, -0.15) is 10.2 Å². The molecule has 10 heteroatoms. The van der Waals surface area contributed by atoms with Gasteiger partial charge in [-0.15, -0.1) is 0 Å². The lowest BCUT2D eigenvalue weighted by Crippen LogP contribution is -2.36. The highest BCUT2D eigenvalue weighted by atomic mass is 32.1. The lowest BCUT2D eigenvalue weighted by molar-refractivity contribution is 0.153. The Morgan fingerprint density at radius 3 is 2.22 bits per heavy atom. The Bertz CT molecular complexity index is 675.